The van der Waals surface area contributed by atoms with Crippen LogP contribution in [-0.2, 0) is 16.1 Å². The third kappa shape index (κ3) is 4.92. The molecular weight excluding hydrogens is 323 g/mol. The highest BCUT2D eigenvalue weighted by atomic mass is 19.1. The minimum absolute atomic E-state index is 0.263. The van der Waals surface area contributed by atoms with Crippen molar-refractivity contribution in [2.75, 3.05) is 46.5 Å². The van der Waals surface area contributed by atoms with Crippen LogP contribution in [0.4, 0.5) is 4.39 Å². The molecule has 5 nitrogen and oxygen atoms in total. The second-order valence-electron chi connectivity index (χ2n) is 6.89. The molecule has 2 fully saturated rings. The van der Waals surface area contributed by atoms with Gasteiger partial charge in [0.15, 0.2) is 11.6 Å². The molecule has 138 valence electrons. The molecule has 1 aromatic rings. The summed E-state index contributed by atoms with van der Waals surface area (Å²) >= 11 is 0. The van der Waals surface area contributed by atoms with Gasteiger partial charge in [-0.3, -0.25) is 9.69 Å². The van der Waals surface area contributed by atoms with Crippen molar-refractivity contribution in [1.29, 1.82) is 0 Å². The second-order valence-corrected chi connectivity index (χ2v) is 6.89. The smallest absolute Gasteiger partial charge is 0.223 e. The molecule has 0 unspecified atom stereocenters. The molecule has 3 rings (SSSR count). The molecule has 0 bridgehead atoms. The number of likely N-dealkylation sites (tertiary alicyclic amines) is 1. The van der Waals surface area contributed by atoms with Gasteiger partial charge in [0, 0.05) is 26.1 Å². The summed E-state index contributed by atoms with van der Waals surface area (Å²) in [6, 6.07) is 5.14. The lowest BCUT2D eigenvalue weighted by Gasteiger charge is -2.33. The predicted molar refractivity (Wildman–Crippen MR) is 93.0 cm³/mol. The number of halogens is 1. The Balaban J connectivity index is 1.44. The minimum Gasteiger partial charge on any atom is -0.494 e. The van der Waals surface area contributed by atoms with Gasteiger partial charge >= 0.3 is 0 Å². The van der Waals surface area contributed by atoms with E-state index in [2.05, 4.69) is 4.90 Å². The van der Waals surface area contributed by atoms with Crippen molar-refractivity contribution < 1.29 is 18.7 Å². The van der Waals surface area contributed by atoms with E-state index in [1.165, 1.54) is 7.11 Å². The third-order valence-corrected chi connectivity index (χ3v) is 5.16. The molecule has 25 heavy (non-hydrogen) atoms. The van der Waals surface area contributed by atoms with Gasteiger partial charge in [0.2, 0.25) is 5.91 Å². The molecule has 0 radical (unpaired) electrons. The van der Waals surface area contributed by atoms with Crippen LogP contribution in [0.15, 0.2) is 18.2 Å². The highest BCUT2D eigenvalue weighted by molar-refractivity contribution is 5.76. The lowest BCUT2D eigenvalue weighted by Crippen LogP contribution is -2.42. The molecule has 0 N–H and O–H groups in total. The molecule has 0 saturated carbocycles. The summed E-state index contributed by atoms with van der Waals surface area (Å²) in [6.45, 7) is 5.40. The first-order chi connectivity index (χ1) is 12.2. The second kappa shape index (κ2) is 8.63. The SMILES string of the molecule is COc1ccc(CN2CCC(CC(=O)N3CCOCC3)CC2)cc1F. The van der Waals surface area contributed by atoms with E-state index in [0.717, 1.165) is 51.1 Å². The van der Waals surface area contributed by atoms with E-state index in [4.69, 9.17) is 9.47 Å². The first-order valence-electron chi connectivity index (χ1n) is 9.06. The fourth-order valence-corrected chi connectivity index (χ4v) is 3.60. The molecule has 2 aliphatic rings. The molecule has 1 amide bonds. The summed E-state index contributed by atoms with van der Waals surface area (Å²) in [6.07, 6.45) is 2.69. The number of ether oxygens (including phenoxy) is 2. The standard InChI is InChI=1S/C19H27FN2O3/c1-24-18-3-2-16(12-17(18)20)14-21-6-4-15(5-7-21)13-19(23)22-8-10-25-11-9-22/h2-3,12,15H,4-11,13-14H2,1H3. The Kier molecular flexibility index (Phi) is 6.26. The summed E-state index contributed by atoms with van der Waals surface area (Å²) in [5.74, 6) is 0.688. The third-order valence-electron chi connectivity index (χ3n) is 5.16. The number of nitrogens with zero attached hydrogens (tertiary/aromatic N) is 2. The molecule has 2 saturated heterocycles. The maximum Gasteiger partial charge on any atom is 0.223 e. The van der Waals surface area contributed by atoms with Gasteiger partial charge in [-0.05, 0) is 49.5 Å². The van der Waals surface area contributed by atoms with Gasteiger partial charge in [0.05, 0.1) is 20.3 Å². The molecule has 6 heteroatoms. The lowest BCUT2D eigenvalue weighted by atomic mass is 9.92. The number of piperidine rings is 1. The van der Waals surface area contributed by atoms with Gasteiger partial charge in [-0.2, -0.15) is 0 Å². The zero-order chi connectivity index (χ0) is 17.6. The van der Waals surface area contributed by atoms with Crippen molar-refractivity contribution in [3.63, 3.8) is 0 Å². The molecular formula is C19H27FN2O3. The lowest BCUT2D eigenvalue weighted by molar-refractivity contribution is -0.136. The maximum atomic E-state index is 13.8. The quantitative estimate of drug-likeness (QED) is 0.817. The number of methoxy groups -OCH3 is 1. The largest absolute Gasteiger partial charge is 0.494 e. The normalized spacial score (nSPS) is 19.8. The van der Waals surface area contributed by atoms with E-state index >= 15 is 0 Å². The Bertz CT molecular complexity index is 582. The van der Waals surface area contributed by atoms with Crippen LogP contribution in [0, 0.1) is 11.7 Å². The van der Waals surface area contributed by atoms with Crippen LogP contribution < -0.4 is 4.74 Å². The van der Waals surface area contributed by atoms with Crippen molar-refractivity contribution in [2.24, 2.45) is 5.92 Å². The van der Waals surface area contributed by atoms with Gasteiger partial charge < -0.3 is 14.4 Å². The number of carbonyl (C=O) groups is 1. The Morgan fingerprint density at radius 2 is 1.96 bits per heavy atom. The topological polar surface area (TPSA) is 42.0 Å². The van der Waals surface area contributed by atoms with E-state index in [1.54, 1.807) is 12.1 Å². The maximum absolute atomic E-state index is 13.8. The Morgan fingerprint density at radius 3 is 2.60 bits per heavy atom. The first-order valence-corrected chi connectivity index (χ1v) is 9.06. The van der Waals surface area contributed by atoms with Crippen molar-refractivity contribution in [3.8, 4) is 5.75 Å². The number of amides is 1. The van der Waals surface area contributed by atoms with E-state index in [0.29, 0.717) is 25.6 Å². The van der Waals surface area contributed by atoms with Crippen LogP contribution in [0.3, 0.4) is 0 Å². The van der Waals surface area contributed by atoms with Crippen LogP contribution in [0.5, 0.6) is 5.75 Å². The number of benzene rings is 1. The van der Waals surface area contributed by atoms with Gasteiger partial charge in [-0.25, -0.2) is 4.39 Å². The van der Waals surface area contributed by atoms with E-state index in [9.17, 15) is 9.18 Å². The minimum atomic E-state index is -0.314. The van der Waals surface area contributed by atoms with Crippen molar-refractivity contribution in [2.45, 2.75) is 25.8 Å². The number of hydrogen-bond acceptors (Lipinski definition) is 4. The summed E-state index contributed by atoms with van der Waals surface area (Å²) < 4.78 is 24.0. The zero-order valence-corrected chi connectivity index (χ0v) is 14.9. The van der Waals surface area contributed by atoms with Crippen LogP contribution in [-0.4, -0.2) is 62.2 Å². The summed E-state index contributed by atoms with van der Waals surface area (Å²) in [4.78, 5) is 16.6. The van der Waals surface area contributed by atoms with Crippen LogP contribution >= 0.6 is 0 Å². The predicted octanol–water partition coefficient (Wildman–Crippen LogP) is 2.30. The van der Waals surface area contributed by atoms with Gasteiger partial charge in [-0.15, -0.1) is 0 Å². The molecule has 2 heterocycles. The van der Waals surface area contributed by atoms with Crippen LogP contribution in [0.25, 0.3) is 0 Å². The van der Waals surface area contributed by atoms with Gasteiger partial charge in [0.25, 0.3) is 0 Å². The highest BCUT2D eigenvalue weighted by Gasteiger charge is 2.25. The molecule has 1 aromatic carbocycles. The van der Waals surface area contributed by atoms with E-state index in [-0.39, 0.29) is 17.5 Å². The molecule has 0 aliphatic carbocycles. The molecule has 0 spiro atoms. The van der Waals surface area contributed by atoms with Crippen LogP contribution in [0.1, 0.15) is 24.8 Å². The highest BCUT2D eigenvalue weighted by Crippen LogP contribution is 2.24. The molecule has 2 aliphatic heterocycles. The first kappa shape index (κ1) is 18.1. The average Bonchev–Trinajstić information content (AvgIpc) is 2.64. The van der Waals surface area contributed by atoms with E-state index in [1.807, 2.05) is 11.0 Å². The molecule has 0 aromatic heterocycles. The average molecular weight is 350 g/mol. The monoisotopic (exact) mass is 350 g/mol. The van der Waals surface area contributed by atoms with E-state index < -0.39 is 0 Å². The number of carbonyl (C=O) groups excluding carboxylic acids is 1. The number of morpholine rings is 1. The summed E-state index contributed by atoms with van der Waals surface area (Å²) in [7, 11) is 1.47. The van der Waals surface area contributed by atoms with Crippen molar-refractivity contribution >= 4 is 5.91 Å². The fourth-order valence-electron chi connectivity index (χ4n) is 3.60. The number of hydrogen-bond donors (Lipinski definition) is 0. The molecule has 0 atom stereocenters. The Labute approximate surface area is 148 Å². The summed E-state index contributed by atoms with van der Waals surface area (Å²) in [5.41, 5.74) is 0.959. The summed E-state index contributed by atoms with van der Waals surface area (Å²) in [5, 5.41) is 0. The zero-order valence-electron chi connectivity index (χ0n) is 14.9. The van der Waals surface area contributed by atoms with Crippen LogP contribution in [0.2, 0.25) is 0 Å². The Morgan fingerprint density at radius 1 is 1.24 bits per heavy atom. The fraction of sp³-hybridized carbons (Fsp3) is 0.632. The van der Waals surface area contributed by atoms with Gasteiger partial charge in [-0.1, -0.05) is 6.07 Å². The number of rotatable bonds is 5. The van der Waals surface area contributed by atoms with Crippen molar-refractivity contribution in [3.05, 3.63) is 29.6 Å². The Hall–Kier alpha value is -1.66. The van der Waals surface area contributed by atoms with Crippen molar-refractivity contribution in [1.82, 2.24) is 9.80 Å². The van der Waals surface area contributed by atoms with Gasteiger partial charge in [0.1, 0.15) is 0 Å².